The lowest BCUT2D eigenvalue weighted by Gasteiger charge is -2.16. The van der Waals surface area contributed by atoms with Crippen LogP contribution < -0.4 is 10.1 Å². The van der Waals surface area contributed by atoms with Gasteiger partial charge in [-0.25, -0.2) is 4.39 Å². The van der Waals surface area contributed by atoms with Crippen LogP contribution in [0.1, 0.15) is 16.7 Å². The second-order valence-electron chi connectivity index (χ2n) is 7.26. The first-order valence-corrected chi connectivity index (χ1v) is 9.80. The molecule has 2 amide bonds. The third-order valence-electron chi connectivity index (χ3n) is 5.13. The number of halogens is 1. The van der Waals surface area contributed by atoms with Crippen molar-refractivity contribution in [3.05, 3.63) is 101 Å². The number of hydrogen-bond donors (Lipinski definition) is 1. The van der Waals surface area contributed by atoms with Gasteiger partial charge >= 0.3 is 0 Å². The van der Waals surface area contributed by atoms with Crippen molar-refractivity contribution in [2.45, 2.75) is 13.5 Å². The summed E-state index contributed by atoms with van der Waals surface area (Å²) in [6.07, 6.45) is 0. The smallest absolute Gasteiger partial charge is 0.278 e. The van der Waals surface area contributed by atoms with Gasteiger partial charge in [0.1, 0.15) is 17.3 Å². The highest BCUT2D eigenvalue weighted by Crippen LogP contribution is 2.34. The van der Waals surface area contributed by atoms with E-state index in [2.05, 4.69) is 5.32 Å². The molecule has 0 fully saturated rings. The number of hydrogen-bond acceptors (Lipinski definition) is 4. The first-order valence-electron chi connectivity index (χ1n) is 9.80. The summed E-state index contributed by atoms with van der Waals surface area (Å²) in [6.45, 7) is 2.11. The van der Waals surface area contributed by atoms with Crippen LogP contribution in [0.5, 0.6) is 5.75 Å². The number of para-hydroxylation sites is 2. The van der Waals surface area contributed by atoms with Crippen LogP contribution >= 0.6 is 0 Å². The Morgan fingerprint density at radius 2 is 1.58 bits per heavy atom. The molecule has 0 aromatic heterocycles. The maximum absolute atomic E-state index is 13.5. The summed E-state index contributed by atoms with van der Waals surface area (Å²) in [5, 5.41) is 3.08. The Kier molecular flexibility index (Phi) is 5.54. The molecule has 4 rings (SSSR count). The highest BCUT2D eigenvalue weighted by molar-refractivity contribution is 6.36. The Hall–Kier alpha value is -3.93. The second-order valence-corrected chi connectivity index (χ2v) is 7.26. The van der Waals surface area contributed by atoms with E-state index >= 15 is 0 Å². The zero-order valence-electron chi connectivity index (χ0n) is 17.2. The van der Waals surface area contributed by atoms with Crippen molar-refractivity contribution in [3.8, 4) is 5.75 Å². The number of ether oxygens (including phenoxy) is 1. The van der Waals surface area contributed by atoms with E-state index in [0.29, 0.717) is 17.0 Å². The van der Waals surface area contributed by atoms with Crippen molar-refractivity contribution in [2.75, 3.05) is 12.4 Å². The Morgan fingerprint density at radius 3 is 2.26 bits per heavy atom. The number of carbonyl (C=O) groups excluding carboxylic acids is 2. The van der Waals surface area contributed by atoms with Crippen LogP contribution in [-0.4, -0.2) is 23.8 Å². The molecule has 5 nitrogen and oxygen atoms in total. The van der Waals surface area contributed by atoms with Gasteiger partial charge in [0.2, 0.25) is 0 Å². The molecule has 0 spiro atoms. The predicted octanol–water partition coefficient (Wildman–Crippen LogP) is 4.53. The zero-order chi connectivity index (χ0) is 22.0. The molecular weight excluding hydrogens is 395 g/mol. The molecule has 0 saturated carbocycles. The van der Waals surface area contributed by atoms with Gasteiger partial charge in [-0.3, -0.25) is 14.5 Å². The Morgan fingerprint density at radius 1 is 0.903 bits per heavy atom. The summed E-state index contributed by atoms with van der Waals surface area (Å²) >= 11 is 0. The summed E-state index contributed by atoms with van der Waals surface area (Å²) in [5.41, 5.74) is 3.27. The van der Waals surface area contributed by atoms with E-state index < -0.39 is 17.6 Å². The number of nitrogens with one attached hydrogen (secondary N) is 1. The lowest BCUT2D eigenvalue weighted by molar-refractivity contribution is -0.137. The number of carbonyl (C=O) groups is 2. The van der Waals surface area contributed by atoms with Gasteiger partial charge < -0.3 is 10.1 Å². The topological polar surface area (TPSA) is 58.6 Å². The van der Waals surface area contributed by atoms with Gasteiger partial charge in [-0.05, 0) is 42.3 Å². The van der Waals surface area contributed by atoms with Gasteiger partial charge in [0.05, 0.1) is 24.9 Å². The molecule has 1 aliphatic rings. The molecule has 0 unspecified atom stereocenters. The summed E-state index contributed by atoms with van der Waals surface area (Å²) in [4.78, 5) is 27.8. The Balaban J connectivity index is 1.75. The second kappa shape index (κ2) is 8.44. The molecule has 0 bridgehead atoms. The van der Waals surface area contributed by atoms with E-state index in [1.165, 1.54) is 36.3 Å². The quantitative estimate of drug-likeness (QED) is 0.600. The van der Waals surface area contributed by atoms with Gasteiger partial charge in [0.15, 0.2) is 0 Å². The number of rotatable bonds is 6. The number of aryl methyl sites for hydroxylation is 1. The molecule has 0 atom stereocenters. The van der Waals surface area contributed by atoms with E-state index in [1.54, 1.807) is 18.2 Å². The third-order valence-corrected chi connectivity index (χ3v) is 5.13. The average molecular weight is 416 g/mol. The van der Waals surface area contributed by atoms with Gasteiger partial charge in [0.25, 0.3) is 11.8 Å². The molecular formula is C25H21FN2O3. The fourth-order valence-electron chi connectivity index (χ4n) is 3.48. The van der Waals surface area contributed by atoms with Crippen molar-refractivity contribution in [1.29, 1.82) is 0 Å². The van der Waals surface area contributed by atoms with Gasteiger partial charge in [-0.1, -0.05) is 54.1 Å². The van der Waals surface area contributed by atoms with Crippen molar-refractivity contribution in [3.63, 3.8) is 0 Å². The molecule has 0 saturated heterocycles. The lowest BCUT2D eigenvalue weighted by atomic mass is 10.0. The first kappa shape index (κ1) is 20.3. The standard InChI is InChI=1S/C25H21FN2O3/c1-16-7-9-17(10-8-16)15-28-24(29)22(18-11-13-19(26)14-12-18)23(25(28)30)27-20-5-3-4-6-21(20)31-2/h3-14,27H,15H2,1-2H3. The molecule has 3 aromatic carbocycles. The minimum atomic E-state index is -0.448. The van der Waals surface area contributed by atoms with Crippen LogP contribution in [0.25, 0.3) is 5.57 Å². The summed E-state index contributed by atoms with van der Waals surface area (Å²) in [7, 11) is 1.53. The number of imide groups is 1. The van der Waals surface area contributed by atoms with Crippen LogP contribution in [0.3, 0.4) is 0 Å². The molecule has 0 aliphatic carbocycles. The average Bonchev–Trinajstić information content (AvgIpc) is 3.00. The number of amides is 2. The van der Waals surface area contributed by atoms with Crippen LogP contribution in [0.15, 0.2) is 78.5 Å². The number of anilines is 1. The summed E-state index contributed by atoms with van der Waals surface area (Å²) in [5.74, 6) is -0.770. The van der Waals surface area contributed by atoms with Crippen LogP contribution in [-0.2, 0) is 16.1 Å². The minimum absolute atomic E-state index is 0.133. The van der Waals surface area contributed by atoms with Gasteiger partial charge in [-0.15, -0.1) is 0 Å². The van der Waals surface area contributed by atoms with E-state index in [4.69, 9.17) is 4.74 Å². The predicted molar refractivity (Wildman–Crippen MR) is 117 cm³/mol. The fraction of sp³-hybridized carbons (Fsp3) is 0.120. The zero-order valence-corrected chi connectivity index (χ0v) is 17.2. The SMILES string of the molecule is COc1ccccc1NC1=C(c2ccc(F)cc2)C(=O)N(Cc2ccc(C)cc2)C1=O. The molecule has 6 heteroatoms. The Labute approximate surface area is 179 Å². The number of nitrogens with zero attached hydrogens (tertiary/aromatic N) is 1. The molecule has 31 heavy (non-hydrogen) atoms. The summed E-state index contributed by atoms with van der Waals surface area (Å²) in [6, 6.07) is 20.3. The van der Waals surface area contributed by atoms with E-state index in [1.807, 2.05) is 37.3 Å². The largest absolute Gasteiger partial charge is 0.495 e. The molecule has 3 aromatic rings. The molecule has 1 N–H and O–H groups in total. The monoisotopic (exact) mass is 416 g/mol. The molecule has 1 aliphatic heterocycles. The molecule has 0 radical (unpaired) electrons. The van der Waals surface area contributed by atoms with Crippen molar-refractivity contribution in [1.82, 2.24) is 4.90 Å². The van der Waals surface area contributed by atoms with Crippen LogP contribution in [0.4, 0.5) is 10.1 Å². The lowest BCUT2D eigenvalue weighted by Crippen LogP contribution is -2.32. The highest BCUT2D eigenvalue weighted by atomic mass is 19.1. The van der Waals surface area contributed by atoms with E-state index in [9.17, 15) is 14.0 Å². The van der Waals surface area contributed by atoms with Gasteiger partial charge in [-0.2, -0.15) is 0 Å². The third kappa shape index (κ3) is 4.05. The minimum Gasteiger partial charge on any atom is -0.495 e. The Bertz CT molecular complexity index is 1170. The van der Waals surface area contributed by atoms with E-state index in [-0.39, 0.29) is 17.8 Å². The normalized spacial score (nSPS) is 13.7. The van der Waals surface area contributed by atoms with Gasteiger partial charge in [0, 0.05) is 0 Å². The van der Waals surface area contributed by atoms with Crippen LogP contribution in [0, 0.1) is 12.7 Å². The maximum Gasteiger partial charge on any atom is 0.278 e. The fourth-order valence-corrected chi connectivity index (χ4v) is 3.48. The van der Waals surface area contributed by atoms with Crippen molar-refractivity contribution < 1.29 is 18.7 Å². The summed E-state index contributed by atoms with van der Waals surface area (Å²) < 4.78 is 18.8. The van der Waals surface area contributed by atoms with Crippen molar-refractivity contribution in [2.24, 2.45) is 0 Å². The van der Waals surface area contributed by atoms with Crippen LogP contribution in [0.2, 0.25) is 0 Å². The molecule has 1 heterocycles. The van der Waals surface area contributed by atoms with Crippen molar-refractivity contribution >= 4 is 23.1 Å². The highest BCUT2D eigenvalue weighted by Gasteiger charge is 2.39. The maximum atomic E-state index is 13.5. The van der Waals surface area contributed by atoms with E-state index in [0.717, 1.165) is 11.1 Å². The first-order chi connectivity index (χ1) is 15.0. The number of methoxy groups -OCH3 is 1. The molecule has 156 valence electrons. The number of benzene rings is 3.